The van der Waals surface area contributed by atoms with E-state index in [2.05, 4.69) is 15.1 Å². The predicted molar refractivity (Wildman–Crippen MR) is 57.3 cm³/mol. The zero-order chi connectivity index (χ0) is 11.0. The van der Waals surface area contributed by atoms with Crippen LogP contribution in [0.4, 0.5) is 0 Å². The SMILES string of the molecule is CC(C)c1ncc2c(=O)[nH]c(CCl)nn12. The third-order valence-corrected chi connectivity index (χ3v) is 2.37. The zero-order valence-electron chi connectivity index (χ0n) is 8.49. The average molecular weight is 227 g/mol. The van der Waals surface area contributed by atoms with Crippen molar-refractivity contribution in [3.8, 4) is 0 Å². The number of rotatable bonds is 2. The lowest BCUT2D eigenvalue weighted by Crippen LogP contribution is -2.16. The molecule has 2 aromatic heterocycles. The van der Waals surface area contributed by atoms with Gasteiger partial charge in [0.15, 0.2) is 5.52 Å². The van der Waals surface area contributed by atoms with Gasteiger partial charge in [0.2, 0.25) is 0 Å². The van der Waals surface area contributed by atoms with Crippen LogP contribution in [0.1, 0.15) is 31.4 Å². The first-order valence-corrected chi connectivity index (χ1v) is 5.19. The molecule has 6 heteroatoms. The maximum Gasteiger partial charge on any atom is 0.276 e. The number of nitrogens with zero attached hydrogens (tertiary/aromatic N) is 3. The molecule has 5 nitrogen and oxygen atoms in total. The Morgan fingerprint density at radius 2 is 2.33 bits per heavy atom. The van der Waals surface area contributed by atoms with E-state index in [1.165, 1.54) is 6.20 Å². The van der Waals surface area contributed by atoms with Gasteiger partial charge >= 0.3 is 0 Å². The zero-order valence-corrected chi connectivity index (χ0v) is 9.25. The van der Waals surface area contributed by atoms with Gasteiger partial charge in [-0.1, -0.05) is 13.8 Å². The monoisotopic (exact) mass is 226 g/mol. The lowest BCUT2D eigenvalue weighted by molar-refractivity contribution is 0.705. The summed E-state index contributed by atoms with van der Waals surface area (Å²) in [6.07, 6.45) is 1.53. The first-order valence-electron chi connectivity index (χ1n) is 4.66. The Labute approximate surface area is 91.1 Å². The molecule has 0 aliphatic heterocycles. The molecule has 0 saturated heterocycles. The molecular weight excluding hydrogens is 216 g/mol. The van der Waals surface area contributed by atoms with Gasteiger partial charge in [-0.15, -0.1) is 11.6 Å². The third-order valence-electron chi connectivity index (χ3n) is 2.12. The van der Waals surface area contributed by atoms with E-state index in [4.69, 9.17) is 11.6 Å². The molecule has 0 amide bonds. The number of alkyl halides is 1. The first kappa shape index (κ1) is 10.2. The minimum absolute atomic E-state index is 0.181. The van der Waals surface area contributed by atoms with E-state index in [1.54, 1.807) is 4.52 Å². The summed E-state index contributed by atoms with van der Waals surface area (Å²) >= 11 is 5.63. The van der Waals surface area contributed by atoms with Gasteiger partial charge in [-0.2, -0.15) is 5.10 Å². The van der Waals surface area contributed by atoms with E-state index in [1.807, 2.05) is 13.8 Å². The van der Waals surface area contributed by atoms with E-state index in [0.717, 1.165) is 5.82 Å². The second kappa shape index (κ2) is 3.66. The number of aromatic nitrogens is 4. The van der Waals surface area contributed by atoms with Crippen molar-refractivity contribution in [3.05, 3.63) is 28.2 Å². The molecule has 0 saturated carbocycles. The van der Waals surface area contributed by atoms with Crippen LogP contribution in [0.5, 0.6) is 0 Å². The summed E-state index contributed by atoms with van der Waals surface area (Å²) in [4.78, 5) is 18.3. The molecule has 2 rings (SSSR count). The predicted octanol–water partition coefficient (Wildman–Crippen LogP) is 1.28. The van der Waals surface area contributed by atoms with Gasteiger partial charge in [0.25, 0.3) is 5.56 Å². The molecule has 0 aromatic carbocycles. The number of halogens is 1. The Kier molecular flexibility index (Phi) is 2.48. The van der Waals surface area contributed by atoms with Gasteiger partial charge in [0.1, 0.15) is 11.6 Å². The minimum atomic E-state index is -0.208. The van der Waals surface area contributed by atoms with Gasteiger partial charge < -0.3 is 4.98 Å². The molecule has 0 atom stereocenters. The van der Waals surface area contributed by atoms with Gasteiger partial charge in [-0.25, -0.2) is 9.50 Å². The van der Waals surface area contributed by atoms with Crippen LogP contribution in [0.25, 0.3) is 5.52 Å². The molecule has 0 fully saturated rings. The summed E-state index contributed by atoms with van der Waals surface area (Å²) in [7, 11) is 0. The number of imidazole rings is 1. The van der Waals surface area contributed by atoms with Crippen LogP contribution in [0, 0.1) is 0 Å². The Morgan fingerprint density at radius 1 is 1.60 bits per heavy atom. The van der Waals surface area contributed by atoms with Crippen molar-refractivity contribution in [2.75, 3.05) is 0 Å². The third kappa shape index (κ3) is 1.63. The summed E-state index contributed by atoms with van der Waals surface area (Å²) in [6.45, 7) is 4.00. The fourth-order valence-corrected chi connectivity index (χ4v) is 1.53. The summed E-state index contributed by atoms with van der Waals surface area (Å²) in [6, 6.07) is 0. The van der Waals surface area contributed by atoms with Gasteiger partial charge in [-0.3, -0.25) is 4.79 Å². The van der Waals surface area contributed by atoms with Crippen LogP contribution >= 0.6 is 11.6 Å². The Morgan fingerprint density at radius 3 is 2.93 bits per heavy atom. The summed E-state index contributed by atoms with van der Waals surface area (Å²) in [5.41, 5.74) is 0.243. The largest absolute Gasteiger partial charge is 0.306 e. The lowest BCUT2D eigenvalue weighted by Gasteiger charge is -2.03. The molecule has 0 aliphatic rings. The highest BCUT2D eigenvalue weighted by atomic mass is 35.5. The normalized spacial score (nSPS) is 11.5. The standard InChI is InChI=1S/C9H11ClN4O/c1-5(2)8-11-4-6-9(15)12-7(3-10)13-14(6)8/h4-5H,3H2,1-2H3,(H,12,13,15). The Hall–Kier alpha value is -1.36. The van der Waals surface area contributed by atoms with Crippen molar-refractivity contribution in [3.63, 3.8) is 0 Å². The lowest BCUT2D eigenvalue weighted by atomic mass is 10.2. The maximum atomic E-state index is 11.6. The summed E-state index contributed by atoms with van der Waals surface area (Å²) in [5.74, 6) is 1.61. The number of nitrogens with one attached hydrogen (secondary N) is 1. The quantitative estimate of drug-likeness (QED) is 0.785. The molecule has 80 valence electrons. The molecular formula is C9H11ClN4O. The number of H-pyrrole nitrogens is 1. The smallest absolute Gasteiger partial charge is 0.276 e. The highest BCUT2D eigenvalue weighted by molar-refractivity contribution is 6.16. The average Bonchev–Trinajstić information content (AvgIpc) is 2.61. The van der Waals surface area contributed by atoms with Gasteiger partial charge in [-0.05, 0) is 0 Å². The minimum Gasteiger partial charge on any atom is -0.306 e. The van der Waals surface area contributed by atoms with E-state index in [0.29, 0.717) is 11.3 Å². The highest BCUT2D eigenvalue weighted by Gasteiger charge is 2.11. The number of aromatic amines is 1. The Bertz CT molecular complexity index is 543. The maximum absolute atomic E-state index is 11.6. The summed E-state index contributed by atoms with van der Waals surface area (Å²) < 4.78 is 1.56. The van der Waals surface area contributed by atoms with Crippen molar-refractivity contribution < 1.29 is 0 Å². The second-order valence-corrected chi connectivity index (χ2v) is 3.87. The fraction of sp³-hybridized carbons (Fsp3) is 0.444. The molecule has 0 unspecified atom stereocenters. The van der Waals surface area contributed by atoms with Crippen molar-refractivity contribution in [2.24, 2.45) is 0 Å². The van der Waals surface area contributed by atoms with E-state index in [9.17, 15) is 4.79 Å². The fourth-order valence-electron chi connectivity index (χ4n) is 1.41. The topological polar surface area (TPSA) is 63.0 Å². The number of fused-ring (bicyclic) bond motifs is 1. The van der Waals surface area contributed by atoms with Crippen LogP contribution < -0.4 is 5.56 Å². The van der Waals surface area contributed by atoms with Crippen LogP contribution in [0.15, 0.2) is 11.0 Å². The molecule has 15 heavy (non-hydrogen) atoms. The van der Waals surface area contributed by atoms with Crippen LogP contribution in [0.2, 0.25) is 0 Å². The number of hydrogen-bond donors (Lipinski definition) is 1. The van der Waals surface area contributed by atoms with Gasteiger partial charge in [0, 0.05) is 5.92 Å². The molecule has 0 spiro atoms. The molecule has 0 aliphatic carbocycles. The summed E-state index contributed by atoms with van der Waals surface area (Å²) in [5, 5.41) is 4.20. The van der Waals surface area contributed by atoms with E-state index < -0.39 is 0 Å². The molecule has 1 N–H and O–H groups in total. The van der Waals surface area contributed by atoms with Crippen LogP contribution in [-0.2, 0) is 5.88 Å². The van der Waals surface area contributed by atoms with Crippen LogP contribution in [-0.4, -0.2) is 19.6 Å². The van der Waals surface area contributed by atoms with Crippen molar-refractivity contribution in [1.29, 1.82) is 0 Å². The van der Waals surface area contributed by atoms with Crippen molar-refractivity contribution in [1.82, 2.24) is 19.6 Å². The second-order valence-electron chi connectivity index (χ2n) is 3.60. The van der Waals surface area contributed by atoms with Gasteiger partial charge in [0.05, 0.1) is 12.1 Å². The van der Waals surface area contributed by atoms with E-state index in [-0.39, 0.29) is 17.4 Å². The number of hydrogen-bond acceptors (Lipinski definition) is 3. The molecule has 2 aromatic rings. The first-order chi connectivity index (χ1) is 7.13. The van der Waals surface area contributed by atoms with E-state index >= 15 is 0 Å². The molecule has 0 bridgehead atoms. The molecule has 2 heterocycles. The Balaban J connectivity index is 2.78. The molecule has 0 radical (unpaired) electrons. The van der Waals surface area contributed by atoms with Crippen LogP contribution in [0.3, 0.4) is 0 Å². The van der Waals surface area contributed by atoms with Crippen molar-refractivity contribution >= 4 is 17.1 Å². The van der Waals surface area contributed by atoms with Crippen molar-refractivity contribution in [2.45, 2.75) is 25.6 Å². The highest BCUT2D eigenvalue weighted by Crippen LogP contribution is 2.11.